The predicted molar refractivity (Wildman–Crippen MR) is 63.9 cm³/mol. The van der Waals surface area contributed by atoms with Crippen LogP contribution in [0.2, 0.25) is 0 Å². The molecule has 6 heteroatoms. The van der Waals surface area contributed by atoms with Crippen LogP contribution in [0.4, 0.5) is 17.6 Å². The van der Waals surface area contributed by atoms with Gasteiger partial charge in [-0.3, -0.25) is 4.79 Å². The van der Waals surface area contributed by atoms with E-state index in [-0.39, 0.29) is 17.4 Å². The highest BCUT2D eigenvalue weighted by molar-refractivity contribution is 5.91. The van der Waals surface area contributed by atoms with Crippen LogP contribution in [0.5, 0.6) is 5.75 Å². The number of hydrogen-bond acceptors (Lipinski definition) is 2. The van der Waals surface area contributed by atoms with Crippen LogP contribution in [-0.4, -0.2) is 12.6 Å². The first kappa shape index (κ1) is 14.0. The van der Waals surface area contributed by atoms with Crippen molar-refractivity contribution in [2.24, 2.45) is 0 Å². The Hall–Kier alpha value is -2.37. The number of alkyl halides is 3. The molecule has 20 heavy (non-hydrogen) atoms. The Labute approximate surface area is 111 Å². The molecule has 0 aromatic heterocycles. The zero-order valence-electron chi connectivity index (χ0n) is 9.95. The summed E-state index contributed by atoms with van der Waals surface area (Å²) in [5.41, 5.74) is 0.416. The number of aldehydes is 1. The first-order chi connectivity index (χ1) is 9.40. The molecule has 0 saturated heterocycles. The van der Waals surface area contributed by atoms with Crippen LogP contribution < -0.4 is 4.74 Å². The zero-order valence-corrected chi connectivity index (χ0v) is 9.95. The zero-order chi connectivity index (χ0) is 14.8. The molecule has 0 unspecified atom stereocenters. The van der Waals surface area contributed by atoms with Crippen molar-refractivity contribution in [1.29, 1.82) is 0 Å². The van der Waals surface area contributed by atoms with E-state index in [9.17, 15) is 22.4 Å². The summed E-state index contributed by atoms with van der Waals surface area (Å²) in [4.78, 5) is 11.1. The van der Waals surface area contributed by atoms with Crippen LogP contribution in [0.1, 0.15) is 10.4 Å². The third-order valence-corrected chi connectivity index (χ3v) is 2.56. The van der Waals surface area contributed by atoms with Crippen molar-refractivity contribution in [1.82, 2.24) is 0 Å². The van der Waals surface area contributed by atoms with Crippen LogP contribution in [0.3, 0.4) is 0 Å². The van der Waals surface area contributed by atoms with E-state index in [4.69, 9.17) is 0 Å². The Balaban J connectivity index is 2.51. The number of rotatable bonds is 3. The van der Waals surface area contributed by atoms with Crippen molar-refractivity contribution in [3.8, 4) is 16.9 Å². The molecule has 0 spiro atoms. The summed E-state index contributed by atoms with van der Waals surface area (Å²) in [5.74, 6) is -1.07. The van der Waals surface area contributed by atoms with E-state index in [0.29, 0.717) is 5.56 Å². The van der Waals surface area contributed by atoms with E-state index >= 15 is 0 Å². The molecule has 2 nitrogen and oxygen atoms in total. The quantitative estimate of drug-likeness (QED) is 0.623. The molecule has 2 aromatic rings. The minimum absolute atomic E-state index is 0.238. The average molecular weight is 284 g/mol. The summed E-state index contributed by atoms with van der Waals surface area (Å²) in [6, 6.07) is 8.88. The third-order valence-electron chi connectivity index (χ3n) is 2.56. The molecule has 104 valence electrons. The van der Waals surface area contributed by atoms with Gasteiger partial charge in [0, 0.05) is 0 Å². The summed E-state index contributed by atoms with van der Waals surface area (Å²) >= 11 is 0. The van der Waals surface area contributed by atoms with Gasteiger partial charge in [-0.1, -0.05) is 24.3 Å². The molecule has 2 rings (SSSR count). The Morgan fingerprint density at radius 3 is 2.20 bits per heavy atom. The van der Waals surface area contributed by atoms with Crippen molar-refractivity contribution in [3.63, 3.8) is 0 Å². The van der Waals surface area contributed by atoms with Crippen LogP contribution in [0.15, 0.2) is 42.5 Å². The predicted octanol–water partition coefficient (Wildman–Crippen LogP) is 4.20. The Morgan fingerprint density at radius 1 is 1.00 bits per heavy atom. The minimum Gasteiger partial charge on any atom is -0.405 e. The van der Waals surface area contributed by atoms with E-state index in [1.165, 1.54) is 24.3 Å². The lowest BCUT2D eigenvalue weighted by atomic mass is 9.99. The number of carbonyl (C=O) groups is 1. The van der Waals surface area contributed by atoms with Crippen LogP contribution >= 0.6 is 0 Å². The molecule has 0 bridgehead atoms. The fourth-order valence-corrected chi connectivity index (χ4v) is 1.76. The van der Waals surface area contributed by atoms with Gasteiger partial charge in [-0.2, -0.15) is 0 Å². The summed E-state index contributed by atoms with van der Waals surface area (Å²) in [7, 11) is 0. The van der Waals surface area contributed by atoms with Gasteiger partial charge in [-0.25, -0.2) is 4.39 Å². The standard InChI is InChI=1S/C14H8F4O2/c15-10-6-4-9(5-7-10)11-2-1-3-13(12(11)8-19)20-14(16,17)18/h1-8H. The lowest BCUT2D eigenvalue weighted by molar-refractivity contribution is -0.274. The fourth-order valence-electron chi connectivity index (χ4n) is 1.76. The number of hydrogen-bond donors (Lipinski definition) is 0. The van der Waals surface area contributed by atoms with E-state index in [0.717, 1.165) is 18.2 Å². The number of halogens is 4. The minimum atomic E-state index is -4.89. The lowest BCUT2D eigenvalue weighted by Gasteiger charge is -2.13. The largest absolute Gasteiger partial charge is 0.573 e. The van der Waals surface area contributed by atoms with Crippen LogP contribution in [0, 0.1) is 5.82 Å². The van der Waals surface area contributed by atoms with Gasteiger partial charge in [0.25, 0.3) is 0 Å². The van der Waals surface area contributed by atoms with Gasteiger partial charge in [-0.05, 0) is 29.3 Å². The highest BCUT2D eigenvalue weighted by Crippen LogP contribution is 2.32. The molecule has 0 aliphatic heterocycles. The van der Waals surface area contributed by atoms with Crippen LogP contribution in [0.25, 0.3) is 11.1 Å². The molecular weight excluding hydrogens is 276 g/mol. The SMILES string of the molecule is O=Cc1c(OC(F)(F)F)cccc1-c1ccc(F)cc1. The van der Waals surface area contributed by atoms with Crippen molar-refractivity contribution in [2.45, 2.75) is 6.36 Å². The molecule has 0 N–H and O–H groups in total. The molecule has 2 aromatic carbocycles. The van der Waals surface area contributed by atoms with Crippen molar-refractivity contribution >= 4 is 6.29 Å². The maximum Gasteiger partial charge on any atom is 0.573 e. The summed E-state index contributed by atoms with van der Waals surface area (Å²) in [6.45, 7) is 0. The molecular formula is C14H8F4O2. The fraction of sp³-hybridized carbons (Fsp3) is 0.0714. The van der Waals surface area contributed by atoms with E-state index in [1.54, 1.807) is 0 Å². The molecule has 0 aliphatic carbocycles. The molecule has 0 amide bonds. The molecule has 0 fully saturated rings. The molecule has 0 saturated carbocycles. The van der Waals surface area contributed by atoms with Gasteiger partial charge >= 0.3 is 6.36 Å². The normalized spacial score (nSPS) is 11.2. The van der Waals surface area contributed by atoms with Gasteiger partial charge in [-0.15, -0.1) is 13.2 Å². The number of ether oxygens (including phenoxy) is 1. The summed E-state index contributed by atoms with van der Waals surface area (Å²) in [6.07, 6.45) is -4.61. The van der Waals surface area contributed by atoms with E-state index in [1.807, 2.05) is 0 Å². The van der Waals surface area contributed by atoms with Gasteiger partial charge in [0.2, 0.25) is 0 Å². The van der Waals surface area contributed by atoms with Crippen LogP contribution in [-0.2, 0) is 0 Å². The highest BCUT2D eigenvalue weighted by Gasteiger charge is 2.32. The average Bonchev–Trinajstić information content (AvgIpc) is 2.37. The van der Waals surface area contributed by atoms with Crippen molar-refractivity contribution < 1.29 is 27.1 Å². The van der Waals surface area contributed by atoms with E-state index < -0.39 is 17.9 Å². The highest BCUT2D eigenvalue weighted by atomic mass is 19.4. The summed E-state index contributed by atoms with van der Waals surface area (Å²) in [5, 5.41) is 0. The maximum atomic E-state index is 12.8. The van der Waals surface area contributed by atoms with Gasteiger partial charge in [0.15, 0.2) is 6.29 Å². The topological polar surface area (TPSA) is 26.3 Å². The maximum absolute atomic E-state index is 12.8. The Bertz CT molecular complexity index is 618. The second-order valence-corrected chi connectivity index (χ2v) is 3.89. The van der Waals surface area contributed by atoms with Crippen molar-refractivity contribution in [2.75, 3.05) is 0 Å². The first-order valence-corrected chi connectivity index (χ1v) is 5.50. The van der Waals surface area contributed by atoms with E-state index in [2.05, 4.69) is 4.74 Å². The van der Waals surface area contributed by atoms with Gasteiger partial charge < -0.3 is 4.74 Å². The second-order valence-electron chi connectivity index (χ2n) is 3.89. The summed E-state index contributed by atoms with van der Waals surface area (Å²) < 4.78 is 53.4. The Kier molecular flexibility index (Phi) is 3.74. The first-order valence-electron chi connectivity index (χ1n) is 5.50. The molecule has 0 radical (unpaired) electrons. The molecule has 0 aliphatic rings. The monoisotopic (exact) mass is 284 g/mol. The lowest BCUT2D eigenvalue weighted by Crippen LogP contribution is -2.18. The smallest absolute Gasteiger partial charge is 0.405 e. The van der Waals surface area contributed by atoms with Crippen molar-refractivity contribution in [3.05, 3.63) is 53.8 Å². The third kappa shape index (κ3) is 3.14. The molecule has 0 heterocycles. The van der Waals surface area contributed by atoms with Gasteiger partial charge in [0.1, 0.15) is 11.6 Å². The second kappa shape index (κ2) is 5.32. The van der Waals surface area contributed by atoms with Gasteiger partial charge in [0.05, 0.1) is 5.56 Å². The Morgan fingerprint density at radius 2 is 1.65 bits per heavy atom. The number of benzene rings is 2. The number of carbonyl (C=O) groups excluding carboxylic acids is 1. The molecule has 0 atom stereocenters.